The second-order valence-electron chi connectivity index (χ2n) is 8.31. The van der Waals surface area contributed by atoms with E-state index in [-0.39, 0.29) is 0 Å². The van der Waals surface area contributed by atoms with E-state index >= 15 is 0 Å². The molecule has 0 heterocycles. The molecular weight excluding hydrogens is 324 g/mol. The summed E-state index contributed by atoms with van der Waals surface area (Å²) in [6.45, 7) is 13.5. The summed E-state index contributed by atoms with van der Waals surface area (Å²) < 4.78 is 0. The summed E-state index contributed by atoms with van der Waals surface area (Å²) in [5.74, 6) is 0.530. The maximum absolute atomic E-state index is 2.39. The number of hydrogen-bond acceptors (Lipinski definition) is 0. The maximum Gasteiger partial charge on any atom is -0.00732 e. The van der Waals surface area contributed by atoms with Gasteiger partial charge in [0.2, 0.25) is 0 Å². The van der Waals surface area contributed by atoms with Crippen molar-refractivity contribution in [1.82, 2.24) is 0 Å². The molecule has 0 atom stereocenters. The van der Waals surface area contributed by atoms with Gasteiger partial charge < -0.3 is 0 Å². The van der Waals surface area contributed by atoms with Gasteiger partial charge in [-0.3, -0.25) is 0 Å². The minimum absolute atomic E-state index is 0.530. The van der Waals surface area contributed by atoms with Crippen molar-refractivity contribution in [3.63, 3.8) is 0 Å². The molecule has 0 aliphatic heterocycles. The predicted octanol–water partition coefficient (Wildman–Crippen LogP) is 7.92. The molecule has 4 aliphatic rings. The van der Waals surface area contributed by atoms with Crippen LogP contribution in [0.15, 0.2) is 54.6 Å². The molecule has 0 radical (unpaired) electrons. The highest BCUT2D eigenvalue weighted by Gasteiger charge is 2.19. The molecule has 4 aliphatic carbocycles. The molecule has 0 N–H and O–H groups in total. The van der Waals surface area contributed by atoms with Gasteiger partial charge in [0.05, 0.1) is 0 Å². The lowest BCUT2D eigenvalue weighted by atomic mass is 9.97. The Morgan fingerprint density at radius 3 is 1.74 bits per heavy atom. The van der Waals surface area contributed by atoms with Crippen molar-refractivity contribution in [1.29, 1.82) is 0 Å². The molecule has 0 saturated carbocycles. The Hall–Kier alpha value is -2.60. The van der Waals surface area contributed by atoms with Crippen molar-refractivity contribution < 1.29 is 0 Å². The first-order valence-corrected chi connectivity index (χ1v) is 9.91. The molecule has 0 aromatic rings. The lowest BCUT2D eigenvalue weighted by molar-refractivity contribution is 0.868. The van der Waals surface area contributed by atoms with Crippen LogP contribution in [0, 0.1) is 27.7 Å². The van der Waals surface area contributed by atoms with E-state index in [2.05, 4.69) is 96.1 Å². The normalized spacial score (nSPS) is 11.7. The van der Waals surface area contributed by atoms with Crippen LogP contribution in [-0.4, -0.2) is 0 Å². The number of rotatable bonds is 2. The summed E-state index contributed by atoms with van der Waals surface area (Å²) >= 11 is 0. The number of aryl methyl sites for hydroxylation is 4. The minimum Gasteiger partial charge on any atom is -0.0610 e. The van der Waals surface area contributed by atoms with Crippen LogP contribution in [-0.2, 0) is 0 Å². The molecule has 0 nitrogen and oxygen atoms in total. The predicted molar refractivity (Wildman–Crippen MR) is 118 cm³/mol. The zero-order chi connectivity index (χ0) is 19.3. The fraction of sp³-hybridized carbons (Fsp3) is 0.259. The Bertz CT molecular complexity index is 1040. The average Bonchev–Trinajstić information content (AvgIpc) is 3.15. The van der Waals surface area contributed by atoms with Crippen molar-refractivity contribution in [2.45, 2.75) is 47.5 Å². The highest BCUT2D eigenvalue weighted by molar-refractivity contribution is 5.92. The van der Waals surface area contributed by atoms with Crippen molar-refractivity contribution >= 4 is 0 Å². The molecule has 0 unspecified atom stereocenters. The third kappa shape index (κ3) is 2.94. The Labute approximate surface area is 163 Å². The molecule has 136 valence electrons. The number of hydrogen-bond donors (Lipinski definition) is 0. The van der Waals surface area contributed by atoms with Crippen molar-refractivity contribution in [2.24, 2.45) is 0 Å². The van der Waals surface area contributed by atoms with E-state index in [4.69, 9.17) is 0 Å². The summed E-state index contributed by atoms with van der Waals surface area (Å²) in [6, 6.07) is 20.7. The first-order valence-electron chi connectivity index (χ1n) is 9.91. The molecule has 0 aromatic carbocycles. The topological polar surface area (TPSA) is 0 Å². The van der Waals surface area contributed by atoms with E-state index in [1.54, 1.807) is 0 Å². The molecule has 0 amide bonds. The van der Waals surface area contributed by atoms with Gasteiger partial charge >= 0.3 is 0 Å². The van der Waals surface area contributed by atoms with E-state index in [9.17, 15) is 0 Å². The third-order valence-electron chi connectivity index (χ3n) is 5.94. The Morgan fingerprint density at radius 1 is 0.556 bits per heavy atom. The molecule has 0 aromatic heterocycles. The van der Waals surface area contributed by atoms with Crippen LogP contribution in [0.5, 0.6) is 0 Å². The van der Waals surface area contributed by atoms with Crippen molar-refractivity contribution in [3.05, 3.63) is 82.4 Å². The standard InChI is InChI=1S/C27H28/c1-16(2)21-11-10-17(3)27-25(15-21)20(6)14-26(27)22-12-18(4)23-8-7-9-24(23)19(5)13-22/h7-16H,1-6H3. The quantitative estimate of drug-likeness (QED) is 0.344. The van der Waals surface area contributed by atoms with E-state index in [0.717, 1.165) is 0 Å². The molecule has 0 bridgehead atoms. The fourth-order valence-corrected chi connectivity index (χ4v) is 4.35. The average molecular weight is 353 g/mol. The summed E-state index contributed by atoms with van der Waals surface area (Å²) in [6.07, 6.45) is 0. The molecule has 0 saturated heterocycles. The maximum atomic E-state index is 2.39. The van der Waals surface area contributed by atoms with Gasteiger partial charge in [0.1, 0.15) is 0 Å². The molecule has 0 spiro atoms. The van der Waals surface area contributed by atoms with Crippen LogP contribution in [0.1, 0.15) is 47.6 Å². The smallest absolute Gasteiger partial charge is 0.00732 e. The molecule has 4 rings (SSSR count). The van der Waals surface area contributed by atoms with E-state index in [1.165, 1.54) is 61.2 Å². The highest BCUT2D eigenvalue weighted by atomic mass is 14.2. The minimum atomic E-state index is 0.530. The highest BCUT2D eigenvalue weighted by Crippen LogP contribution is 2.43. The lowest BCUT2D eigenvalue weighted by Crippen LogP contribution is -1.84. The van der Waals surface area contributed by atoms with Gasteiger partial charge in [-0.05, 0) is 94.8 Å². The first kappa shape index (κ1) is 17.8. The van der Waals surface area contributed by atoms with Crippen molar-refractivity contribution in [2.75, 3.05) is 0 Å². The molecule has 27 heavy (non-hydrogen) atoms. The van der Waals surface area contributed by atoms with E-state index in [1.807, 2.05) is 0 Å². The van der Waals surface area contributed by atoms with E-state index in [0.29, 0.717) is 5.92 Å². The van der Waals surface area contributed by atoms with Crippen LogP contribution in [0.3, 0.4) is 0 Å². The van der Waals surface area contributed by atoms with Crippen molar-refractivity contribution in [3.8, 4) is 33.4 Å². The van der Waals surface area contributed by atoms with Crippen LogP contribution < -0.4 is 0 Å². The van der Waals surface area contributed by atoms with Crippen LogP contribution in [0.2, 0.25) is 0 Å². The van der Waals surface area contributed by atoms with Crippen LogP contribution in [0.4, 0.5) is 0 Å². The van der Waals surface area contributed by atoms with Gasteiger partial charge in [0.25, 0.3) is 0 Å². The zero-order valence-electron chi connectivity index (χ0n) is 17.3. The van der Waals surface area contributed by atoms with E-state index < -0.39 is 0 Å². The summed E-state index contributed by atoms with van der Waals surface area (Å²) in [5.41, 5.74) is 15.0. The summed E-state index contributed by atoms with van der Waals surface area (Å²) in [4.78, 5) is 0. The SMILES string of the molecule is Cc1cc(-c2cc(C)c3cc(C(C)C)ccc(C)c2-3)cc(C)c2cccc1-2. The van der Waals surface area contributed by atoms with Gasteiger partial charge in [-0.25, -0.2) is 0 Å². The van der Waals surface area contributed by atoms with Crippen LogP contribution in [0.25, 0.3) is 33.4 Å². The summed E-state index contributed by atoms with van der Waals surface area (Å²) in [7, 11) is 0. The second kappa shape index (κ2) is 6.53. The van der Waals surface area contributed by atoms with Gasteiger partial charge in [-0.1, -0.05) is 68.4 Å². The summed E-state index contributed by atoms with van der Waals surface area (Å²) in [5, 5.41) is 0. The van der Waals surface area contributed by atoms with Gasteiger partial charge in [0.15, 0.2) is 0 Å². The Morgan fingerprint density at radius 2 is 1.15 bits per heavy atom. The molecule has 0 heteroatoms. The third-order valence-corrected chi connectivity index (χ3v) is 5.94. The Balaban J connectivity index is 2.02. The van der Waals surface area contributed by atoms with Gasteiger partial charge in [-0.2, -0.15) is 0 Å². The first-order chi connectivity index (χ1) is 12.9. The second-order valence-corrected chi connectivity index (χ2v) is 8.31. The fourth-order valence-electron chi connectivity index (χ4n) is 4.35. The number of fused-ring (bicyclic) bond motifs is 2. The monoisotopic (exact) mass is 352 g/mol. The largest absolute Gasteiger partial charge is 0.0610 e. The molecular formula is C27H28. The molecule has 0 fully saturated rings. The van der Waals surface area contributed by atoms with Gasteiger partial charge in [0, 0.05) is 0 Å². The van der Waals surface area contributed by atoms with Gasteiger partial charge in [-0.15, -0.1) is 0 Å². The van der Waals surface area contributed by atoms with Crippen LogP contribution >= 0.6 is 0 Å². The lowest BCUT2D eigenvalue weighted by Gasteiger charge is -2.06. The zero-order valence-corrected chi connectivity index (χ0v) is 17.3. The Kier molecular flexibility index (Phi) is 4.30.